The summed E-state index contributed by atoms with van der Waals surface area (Å²) in [6, 6.07) is 9.78. The van der Waals surface area contributed by atoms with Gasteiger partial charge in [0.25, 0.3) is 0 Å². The van der Waals surface area contributed by atoms with Crippen molar-refractivity contribution in [3.63, 3.8) is 0 Å². The van der Waals surface area contributed by atoms with Crippen LogP contribution in [0.3, 0.4) is 0 Å². The molecule has 16 heavy (non-hydrogen) atoms. The number of hydrogen-bond donors (Lipinski definition) is 1. The third-order valence-corrected chi connectivity index (χ3v) is 3.73. The maximum absolute atomic E-state index is 4.26. The van der Waals surface area contributed by atoms with Crippen molar-refractivity contribution in [2.75, 3.05) is 5.32 Å². The second-order valence-corrected chi connectivity index (χ2v) is 5.71. The summed E-state index contributed by atoms with van der Waals surface area (Å²) in [6.45, 7) is 0. The third kappa shape index (κ3) is 2.84. The number of anilines is 2. The molecular formula is C11H7Br3N2. The first-order valence-electron chi connectivity index (χ1n) is 4.49. The molecule has 0 saturated heterocycles. The van der Waals surface area contributed by atoms with Crippen molar-refractivity contribution >= 4 is 59.3 Å². The second-order valence-electron chi connectivity index (χ2n) is 3.08. The fourth-order valence-corrected chi connectivity index (χ4v) is 2.63. The predicted octanol–water partition coefficient (Wildman–Crippen LogP) is 5.11. The van der Waals surface area contributed by atoms with E-state index in [1.165, 1.54) is 0 Å². The molecule has 0 radical (unpaired) electrons. The Morgan fingerprint density at radius 3 is 2.19 bits per heavy atom. The molecule has 82 valence electrons. The number of para-hydroxylation sites is 1. The molecule has 0 bridgehead atoms. The summed E-state index contributed by atoms with van der Waals surface area (Å²) >= 11 is 10.3. The Bertz CT molecular complexity index is 477. The Labute approximate surface area is 119 Å². The van der Waals surface area contributed by atoms with Crippen LogP contribution in [0.4, 0.5) is 11.5 Å². The van der Waals surface area contributed by atoms with Crippen molar-refractivity contribution in [1.82, 2.24) is 4.98 Å². The van der Waals surface area contributed by atoms with Gasteiger partial charge in [-0.3, -0.25) is 0 Å². The largest absolute Gasteiger partial charge is 0.338 e. The number of halogens is 3. The Hall–Kier alpha value is -0.390. The molecule has 2 rings (SSSR count). The zero-order valence-corrected chi connectivity index (χ0v) is 12.8. The predicted molar refractivity (Wildman–Crippen MR) is 77.1 cm³/mol. The first kappa shape index (κ1) is 12.1. The molecule has 0 atom stereocenters. The standard InChI is InChI=1S/C11H7Br3N2/c12-7-4-5-10(15-6-7)16-11-8(13)2-1-3-9(11)14/h1-6H,(H,15,16). The summed E-state index contributed by atoms with van der Waals surface area (Å²) in [5.41, 5.74) is 0.970. The SMILES string of the molecule is Brc1ccc(Nc2c(Br)cccc2Br)nc1. The van der Waals surface area contributed by atoms with Crippen molar-refractivity contribution in [1.29, 1.82) is 0 Å². The minimum Gasteiger partial charge on any atom is -0.338 e. The molecular weight excluding hydrogens is 400 g/mol. The van der Waals surface area contributed by atoms with Crippen LogP contribution in [-0.4, -0.2) is 4.98 Å². The van der Waals surface area contributed by atoms with Gasteiger partial charge in [0.1, 0.15) is 5.82 Å². The van der Waals surface area contributed by atoms with E-state index in [0.29, 0.717) is 0 Å². The summed E-state index contributed by atoms with van der Waals surface area (Å²) in [7, 11) is 0. The lowest BCUT2D eigenvalue weighted by Crippen LogP contribution is -1.94. The maximum atomic E-state index is 4.26. The molecule has 1 aromatic carbocycles. The summed E-state index contributed by atoms with van der Waals surface area (Å²) in [6.07, 6.45) is 1.76. The number of nitrogens with one attached hydrogen (secondary N) is 1. The smallest absolute Gasteiger partial charge is 0.130 e. The van der Waals surface area contributed by atoms with E-state index in [1.54, 1.807) is 6.20 Å². The van der Waals surface area contributed by atoms with Crippen LogP contribution in [0.15, 0.2) is 49.9 Å². The van der Waals surface area contributed by atoms with Crippen molar-refractivity contribution in [2.24, 2.45) is 0 Å². The Kier molecular flexibility index (Phi) is 4.00. The normalized spacial score (nSPS) is 10.2. The van der Waals surface area contributed by atoms with Gasteiger partial charge in [0.15, 0.2) is 0 Å². The molecule has 1 N–H and O–H groups in total. The fraction of sp³-hybridized carbons (Fsp3) is 0. The monoisotopic (exact) mass is 404 g/mol. The van der Waals surface area contributed by atoms with Crippen molar-refractivity contribution in [2.45, 2.75) is 0 Å². The quantitative estimate of drug-likeness (QED) is 0.749. The molecule has 1 aromatic heterocycles. The lowest BCUT2D eigenvalue weighted by Gasteiger charge is -2.09. The number of aromatic nitrogens is 1. The van der Waals surface area contributed by atoms with Gasteiger partial charge in [-0.1, -0.05) is 6.07 Å². The first-order valence-corrected chi connectivity index (χ1v) is 6.87. The van der Waals surface area contributed by atoms with Gasteiger partial charge in [0, 0.05) is 19.6 Å². The third-order valence-electron chi connectivity index (χ3n) is 1.94. The van der Waals surface area contributed by atoms with Gasteiger partial charge >= 0.3 is 0 Å². The number of hydrogen-bond acceptors (Lipinski definition) is 2. The molecule has 1 heterocycles. The number of rotatable bonds is 2. The average molecular weight is 407 g/mol. The second kappa shape index (κ2) is 5.29. The van der Waals surface area contributed by atoms with E-state index in [-0.39, 0.29) is 0 Å². The van der Waals surface area contributed by atoms with E-state index in [9.17, 15) is 0 Å². The minimum atomic E-state index is 0.802. The van der Waals surface area contributed by atoms with Crippen molar-refractivity contribution < 1.29 is 0 Å². The summed E-state index contributed by atoms with van der Waals surface area (Å²) < 4.78 is 2.95. The summed E-state index contributed by atoms with van der Waals surface area (Å²) in [5, 5.41) is 3.24. The number of benzene rings is 1. The van der Waals surface area contributed by atoms with Gasteiger partial charge in [0.2, 0.25) is 0 Å². The highest BCUT2D eigenvalue weighted by Gasteiger charge is 2.04. The molecule has 2 aromatic rings. The van der Waals surface area contributed by atoms with Gasteiger partial charge in [-0.15, -0.1) is 0 Å². The van der Waals surface area contributed by atoms with Crippen molar-refractivity contribution in [3.05, 3.63) is 49.9 Å². The van der Waals surface area contributed by atoms with Gasteiger partial charge in [-0.25, -0.2) is 4.98 Å². The maximum Gasteiger partial charge on any atom is 0.130 e. The molecule has 0 saturated carbocycles. The molecule has 2 nitrogen and oxygen atoms in total. The number of nitrogens with zero attached hydrogens (tertiary/aromatic N) is 1. The van der Waals surface area contributed by atoms with Crippen molar-refractivity contribution in [3.8, 4) is 0 Å². The molecule has 0 aliphatic rings. The first-order chi connectivity index (χ1) is 7.66. The van der Waals surface area contributed by atoms with Gasteiger partial charge in [0.05, 0.1) is 5.69 Å². The van der Waals surface area contributed by atoms with Crippen LogP contribution in [-0.2, 0) is 0 Å². The lowest BCUT2D eigenvalue weighted by atomic mass is 10.3. The van der Waals surface area contributed by atoms with E-state index in [2.05, 4.69) is 58.1 Å². The highest BCUT2D eigenvalue weighted by Crippen LogP contribution is 2.32. The van der Waals surface area contributed by atoms with Gasteiger partial charge in [-0.2, -0.15) is 0 Å². The van der Waals surface area contributed by atoms with Crippen LogP contribution in [0.1, 0.15) is 0 Å². The Balaban J connectivity index is 2.30. The topological polar surface area (TPSA) is 24.9 Å². The summed E-state index contributed by atoms with van der Waals surface area (Å²) in [5.74, 6) is 0.802. The lowest BCUT2D eigenvalue weighted by molar-refractivity contribution is 1.29. The highest BCUT2D eigenvalue weighted by atomic mass is 79.9. The van der Waals surface area contributed by atoms with E-state index in [0.717, 1.165) is 24.9 Å². The van der Waals surface area contributed by atoms with Gasteiger partial charge < -0.3 is 5.32 Å². The Morgan fingerprint density at radius 1 is 0.938 bits per heavy atom. The zero-order valence-electron chi connectivity index (χ0n) is 8.05. The van der Waals surface area contributed by atoms with Crippen LogP contribution >= 0.6 is 47.8 Å². The number of pyridine rings is 1. The minimum absolute atomic E-state index is 0.802. The molecule has 0 spiro atoms. The van der Waals surface area contributed by atoms with Gasteiger partial charge in [-0.05, 0) is 72.1 Å². The van der Waals surface area contributed by atoms with Crippen LogP contribution in [0, 0.1) is 0 Å². The molecule has 5 heteroatoms. The highest BCUT2D eigenvalue weighted by molar-refractivity contribution is 9.11. The average Bonchev–Trinajstić information content (AvgIpc) is 2.26. The van der Waals surface area contributed by atoms with E-state index in [1.807, 2.05) is 30.3 Å². The van der Waals surface area contributed by atoms with Crippen LogP contribution in [0.2, 0.25) is 0 Å². The summed E-state index contributed by atoms with van der Waals surface area (Å²) in [4.78, 5) is 4.26. The molecule has 0 aliphatic carbocycles. The molecule has 0 unspecified atom stereocenters. The molecule has 0 aliphatic heterocycles. The Morgan fingerprint density at radius 2 is 1.62 bits per heavy atom. The van der Waals surface area contributed by atoms with E-state index >= 15 is 0 Å². The van der Waals surface area contributed by atoms with Crippen LogP contribution < -0.4 is 5.32 Å². The van der Waals surface area contributed by atoms with E-state index < -0.39 is 0 Å². The molecule has 0 amide bonds. The fourth-order valence-electron chi connectivity index (χ4n) is 1.20. The molecule has 0 fully saturated rings. The van der Waals surface area contributed by atoms with Crippen LogP contribution in [0.5, 0.6) is 0 Å². The van der Waals surface area contributed by atoms with E-state index in [4.69, 9.17) is 0 Å². The van der Waals surface area contributed by atoms with Crippen LogP contribution in [0.25, 0.3) is 0 Å². The zero-order chi connectivity index (χ0) is 11.5.